The van der Waals surface area contributed by atoms with E-state index in [0.717, 1.165) is 18.4 Å². The summed E-state index contributed by atoms with van der Waals surface area (Å²) in [6.45, 7) is 3.02. The van der Waals surface area contributed by atoms with E-state index in [1.54, 1.807) is 12.3 Å². The normalized spacial score (nSPS) is 17.6. The molecule has 150 valence electrons. The summed E-state index contributed by atoms with van der Waals surface area (Å²) in [6, 6.07) is 9.02. The van der Waals surface area contributed by atoms with Gasteiger partial charge in [-0.3, -0.25) is 4.79 Å². The molecule has 0 saturated carbocycles. The van der Waals surface area contributed by atoms with E-state index in [-0.39, 0.29) is 11.8 Å². The van der Waals surface area contributed by atoms with Gasteiger partial charge in [-0.05, 0) is 55.7 Å². The number of rotatable bonds is 5. The number of nitrogens with one attached hydrogen (secondary N) is 1. The van der Waals surface area contributed by atoms with Crippen molar-refractivity contribution in [2.45, 2.75) is 30.4 Å². The Labute approximate surface area is 162 Å². The van der Waals surface area contributed by atoms with E-state index in [2.05, 4.69) is 10.3 Å². The number of benzene rings is 1. The highest BCUT2D eigenvalue weighted by Crippen LogP contribution is 2.27. The highest BCUT2D eigenvalue weighted by Gasteiger charge is 2.28. The summed E-state index contributed by atoms with van der Waals surface area (Å²) in [5.41, 5.74) is 1.57. The molecule has 0 radical (unpaired) electrons. The van der Waals surface area contributed by atoms with Gasteiger partial charge in [0.15, 0.2) is 0 Å². The van der Waals surface area contributed by atoms with E-state index < -0.39 is 20.5 Å². The number of halogens is 2. The SMILES string of the molecule is Cc1cccnc1NC(=O)C1CCCN(c2ccc(S(=O)(=O)C(F)F)cc2)C1. The molecule has 1 fully saturated rings. The minimum absolute atomic E-state index is 0.122. The Morgan fingerprint density at radius 3 is 2.61 bits per heavy atom. The van der Waals surface area contributed by atoms with Gasteiger partial charge in [0.2, 0.25) is 15.7 Å². The first-order valence-electron chi connectivity index (χ1n) is 8.88. The summed E-state index contributed by atoms with van der Waals surface area (Å²) in [5, 5.41) is 2.85. The molecule has 1 aromatic heterocycles. The first kappa shape index (κ1) is 20.2. The number of aryl methyl sites for hydroxylation is 1. The fourth-order valence-corrected chi connectivity index (χ4v) is 3.93. The van der Waals surface area contributed by atoms with E-state index in [4.69, 9.17) is 0 Å². The van der Waals surface area contributed by atoms with Gasteiger partial charge < -0.3 is 10.2 Å². The molecule has 1 aromatic carbocycles. The maximum atomic E-state index is 12.7. The lowest BCUT2D eigenvalue weighted by atomic mass is 9.96. The number of pyridine rings is 1. The predicted octanol–water partition coefficient (Wildman–Crippen LogP) is 3.24. The van der Waals surface area contributed by atoms with E-state index in [1.165, 1.54) is 24.3 Å². The molecule has 2 aromatic rings. The lowest BCUT2D eigenvalue weighted by molar-refractivity contribution is -0.120. The summed E-state index contributed by atoms with van der Waals surface area (Å²) in [5.74, 6) is -3.29. The first-order valence-corrected chi connectivity index (χ1v) is 10.4. The summed E-state index contributed by atoms with van der Waals surface area (Å²) in [4.78, 5) is 18.3. The number of anilines is 2. The smallest absolute Gasteiger partial charge is 0.341 e. The molecule has 6 nitrogen and oxygen atoms in total. The van der Waals surface area contributed by atoms with Crippen molar-refractivity contribution in [1.29, 1.82) is 0 Å². The molecule has 28 heavy (non-hydrogen) atoms. The molecule has 1 atom stereocenters. The van der Waals surface area contributed by atoms with E-state index in [0.29, 0.717) is 24.6 Å². The number of carbonyl (C=O) groups excluding carboxylic acids is 1. The first-order chi connectivity index (χ1) is 13.3. The molecule has 9 heteroatoms. The van der Waals surface area contributed by atoms with Gasteiger partial charge in [0.05, 0.1) is 10.8 Å². The fraction of sp³-hybridized carbons (Fsp3) is 0.368. The van der Waals surface area contributed by atoms with Gasteiger partial charge in [-0.25, -0.2) is 13.4 Å². The van der Waals surface area contributed by atoms with E-state index >= 15 is 0 Å². The standard InChI is InChI=1S/C19H21F2N3O3S/c1-13-4-2-10-22-17(13)23-18(25)14-5-3-11-24(12-14)15-6-8-16(9-7-15)28(26,27)19(20)21/h2,4,6-10,14,19H,3,5,11-12H2,1H3,(H,22,23,25). The second kappa shape index (κ2) is 8.22. The van der Waals surface area contributed by atoms with Crippen molar-refractivity contribution < 1.29 is 22.0 Å². The number of hydrogen-bond donors (Lipinski definition) is 1. The number of sulfone groups is 1. The average molecular weight is 409 g/mol. The second-order valence-corrected chi connectivity index (χ2v) is 8.66. The molecule has 1 N–H and O–H groups in total. The molecule has 1 saturated heterocycles. The van der Waals surface area contributed by atoms with Gasteiger partial charge in [0.1, 0.15) is 5.82 Å². The molecule has 1 unspecified atom stereocenters. The van der Waals surface area contributed by atoms with Crippen LogP contribution in [0.2, 0.25) is 0 Å². The maximum Gasteiger partial charge on any atom is 0.341 e. The van der Waals surface area contributed by atoms with Crippen molar-refractivity contribution >= 4 is 27.2 Å². The highest BCUT2D eigenvalue weighted by atomic mass is 32.2. The summed E-state index contributed by atoms with van der Waals surface area (Å²) in [6.07, 6.45) is 3.13. The van der Waals surface area contributed by atoms with Crippen LogP contribution < -0.4 is 10.2 Å². The molecular formula is C19H21F2N3O3S. The van der Waals surface area contributed by atoms with Crippen LogP contribution in [0.5, 0.6) is 0 Å². The van der Waals surface area contributed by atoms with Crippen LogP contribution in [0.25, 0.3) is 0 Å². The molecule has 1 amide bonds. The third-order valence-corrected chi connectivity index (χ3v) is 6.21. The van der Waals surface area contributed by atoms with Crippen molar-refractivity contribution in [3.05, 3.63) is 48.2 Å². The van der Waals surface area contributed by atoms with Gasteiger partial charge in [0.25, 0.3) is 0 Å². The van der Waals surface area contributed by atoms with Gasteiger partial charge in [-0.1, -0.05) is 6.07 Å². The average Bonchev–Trinajstić information content (AvgIpc) is 2.70. The predicted molar refractivity (Wildman–Crippen MR) is 102 cm³/mol. The highest BCUT2D eigenvalue weighted by molar-refractivity contribution is 7.91. The Balaban J connectivity index is 1.69. The van der Waals surface area contributed by atoms with Crippen LogP contribution in [0.1, 0.15) is 18.4 Å². The Hall–Kier alpha value is -2.55. The zero-order chi connectivity index (χ0) is 20.3. The third kappa shape index (κ3) is 4.30. The fourth-order valence-electron chi connectivity index (χ4n) is 3.21. The zero-order valence-corrected chi connectivity index (χ0v) is 16.1. The van der Waals surface area contributed by atoms with Gasteiger partial charge in [0, 0.05) is 25.0 Å². The van der Waals surface area contributed by atoms with Crippen molar-refractivity contribution in [2.75, 3.05) is 23.3 Å². The van der Waals surface area contributed by atoms with Crippen LogP contribution >= 0.6 is 0 Å². The van der Waals surface area contributed by atoms with E-state index in [9.17, 15) is 22.0 Å². The Morgan fingerprint density at radius 2 is 1.96 bits per heavy atom. The topological polar surface area (TPSA) is 79.4 Å². The van der Waals surface area contributed by atoms with Crippen LogP contribution in [-0.4, -0.2) is 38.2 Å². The lowest BCUT2D eigenvalue weighted by Gasteiger charge is -2.33. The number of aromatic nitrogens is 1. The third-order valence-electron chi connectivity index (χ3n) is 4.81. The maximum absolute atomic E-state index is 12.7. The van der Waals surface area contributed by atoms with Crippen LogP contribution in [0, 0.1) is 12.8 Å². The minimum Gasteiger partial charge on any atom is -0.371 e. The summed E-state index contributed by atoms with van der Waals surface area (Å²) >= 11 is 0. The number of piperidine rings is 1. The molecule has 0 bridgehead atoms. The zero-order valence-electron chi connectivity index (χ0n) is 15.3. The van der Waals surface area contributed by atoms with Crippen LogP contribution in [-0.2, 0) is 14.6 Å². The van der Waals surface area contributed by atoms with Gasteiger partial charge >= 0.3 is 5.76 Å². The Morgan fingerprint density at radius 1 is 1.25 bits per heavy atom. The Bertz CT molecular complexity index is 949. The van der Waals surface area contributed by atoms with Gasteiger partial charge in [-0.15, -0.1) is 0 Å². The molecule has 0 spiro atoms. The molecule has 1 aliphatic rings. The quantitative estimate of drug-likeness (QED) is 0.820. The number of nitrogens with zero attached hydrogens (tertiary/aromatic N) is 2. The second-order valence-electron chi connectivity index (χ2n) is 6.74. The summed E-state index contributed by atoms with van der Waals surface area (Å²) in [7, 11) is -4.61. The minimum atomic E-state index is -4.61. The monoisotopic (exact) mass is 409 g/mol. The van der Waals surface area contributed by atoms with Crippen molar-refractivity contribution in [2.24, 2.45) is 5.92 Å². The largest absolute Gasteiger partial charge is 0.371 e. The lowest BCUT2D eigenvalue weighted by Crippen LogP contribution is -2.41. The molecule has 3 rings (SSSR count). The van der Waals surface area contributed by atoms with Crippen molar-refractivity contribution in [1.82, 2.24) is 4.98 Å². The Kier molecular flexibility index (Phi) is 5.93. The summed E-state index contributed by atoms with van der Waals surface area (Å²) < 4.78 is 48.4. The van der Waals surface area contributed by atoms with Crippen LogP contribution in [0.15, 0.2) is 47.5 Å². The molecular weight excluding hydrogens is 388 g/mol. The number of amides is 1. The molecule has 0 aliphatic carbocycles. The number of carbonyl (C=O) groups is 1. The van der Waals surface area contributed by atoms with Crippen molar-refractivity contribution in [3.63, 3.8) is 0 Å². The van der Waals surface area contributed by atoms with Crippen LogP contribution in [0.3, 0.4) is 0 Å². The van der Waals surface area contributed by atoms with E-state index in [1.807, 2.05) is 17.9 Å². The number of alkyl halides is 2. The van der Waals surface area contributed by atoms with Gasteiger partial charge in [-0.2, -0.15) is 8.78 Å². The molecule has 2 heterocycles. The van der Waals surface area contributed by atoms with Crippen LogP contribution in [0.4, 0.5) is 20.3 Å². The van der Waals surface area contributed by atoms with Crippen molar-refractivity contribution in [3.8, 4) is 0 Å². The molecule has 1 aliphatic heterocycles. The number of hydrogen-bond acceptors (Lipinski definition) is 5.